The Labute approximate surface area is 149 Å². The van der Waals surface area contributed by atoms with Crippen LogP contribution in [0.3, 0.4) is 0 Å². The smallest absolute Gasteiger partial charge is 0.338 e. The van der Waals surface area contributed by atoms with Gasteiger partial charge in [-0.1, -0.05) is 12.8 Å². The number of esters is 2. The molecule has 0 spiro atoms. The van der Waals surface area contributed by atoms with E-state index in [0.717, 1.165) is 56.9 Å². The third-order valence-corrected chi connectivity index (χ3v) is 5.33. The summed E-state index contributed by atoms with van der Waals surface area (Å²) in [5.74, 6) is -0.571. The Morgan fingerprint density at radius 1 is 0.800 bits per heavy atom. The molecule has 0 atom stereocenters. The van der Waals surface area contributed by atoms with Crippen LogP contribution in [0.1, 0.15) is 90.5 Å². The maximum atomic E-state index is 12.4. The van der Waals surface area contributed by atoms with E-state index in [9.17, 15) is 9.59 Å². The Hall–Kier alpha value is -1.84. The molecule has 1 aromatic carbocycles. The van der Waals surface area contributed by atoms with Crippen LogP contribution in [0.15, 0.2) is 18.2 Å². The van der Waals surface area contributed by atoms with Crippen LogP contribution in [0.5, 0.6) is 0 Å². The van der Waals surface area contributed by atoms with Crippen LogP contribution in [0.2, 0.25) is 0 Å². The maximum absolute atomic E-state index is 12.4. The van der Waals surface area contributed by atoms with Gasteiger partial charge >= 0.3 is 11.9 Å². The molecule has 0 N–H and O–H groups in total. The first-order valence-corrected chi connectivity index (χ1v) is 9.66. The third-order valence-electron chi connectivity index (χ3n) is 5.33. The lowest BCUT2D eigenvalue weighted by molar-refractivity contribution is 0.0196. The second kappa shape index (κ2) is 8.50. The molecule has 2 saturated carbocycles. The molecule has 0 amide bonds. The van der Waals surface area contributed by atoms with Gasteiger partial charge in [0.05, 0.1) is 11.1 Å². The van der Waals surface area contributed by atoms with Crippen molar-refractivity contribution in [1.82, 2.24) is 0 Å². The van der Waals surface area contributed by atoms with Gasteiger partial charge in [-0.25, -0.2) is 9.59 Å². The lowest BCUT2D eigenvalue weighted by atomic mass is 9.97. The molecular formula is C21H28O4. The molecule has 4 heteroatoms. The number of hydrogen-bond donors (Lipinski definition) is 0. The zero-order valence-corrected chi connectivity index (χ0v) is 15.1. The number of ether oxygens (including phenoxy) is 2. The minimum absolute atomic E-state index is 0.0385. The van der Waals surface area contributed by atoms with E-state index in [-0.39, 0.29) is 24.1 Å². The zero-order chi connectivity index (χ0) is 17.6. The lowest BCUT2D eigenvalue weighted by Crippen LogP contribution is -2.22. The summed E-state index contributed by atoms with van der Waals surface area (Å²) in [6.45, 7) is 1.84. The van der Waals surface area contributed by atoms with Crippen molar-refractivity contribution >= 4 is 11.9 Å². The minimum atomic E-state index is -0.290. The highest BCUT2D eigenvalue weighted by Gasteiger charge is 2.22. The van der Waals surface area contributed by atoms with E-state index < -0.39 is 0 Å². The van der Waals surface area contributed by atoms with Crippen molar-refractivity contribution in [2.75, 3.05) is 0 Å². The molecule has 3 rings (SSSR count). The third kappa shape index (κ3) is 4.83. The Balaban J connectivity index is 1.61. The normalized spacial score (nSPS) is 19.4. The summed E-state index contributed by atoms with van der Waals surface area (Å²) in [5, 5.41) is 0. The standard InChI is InChI=1S/C21H28O4/c1-15-14-16(20(22)24-17-8-4-2-5-9-17)12-13-19(15)21(23)25-18-10-6-3-7-11-18/h12-14,17-18H,2-11H2,1H3. The van der Waals surface area contributed by atoms with Gasteiger partial charge in [0, 0.05) is 0 Å². The van der Waals surface area contributed by atoms with Gasteiger partial charge in [0.25, 0.3) is 0 Å². The Kier molecular flexibility index (Phi) is 6.11. The van der Waals surface area contributed by atoms with Crippen molar-refractivity contribution in [2.24, 2.45) is 0 Å². The molecule has 0 unspecified atom stereocenters. The van der Waals surface area contributed by atoms with E-state index in [1.165, 1.54) is 12.8 Å². The fourth-order valence-corrected chi connectivity index (χ4v) is 3.82. The molecule has 0 heterocycles. The highest BCUT2D eigenvalue weighted by atomic mass is 16.5. The van der Waals surface area contributed by atoms with Crippen LogP contribution in [0, 0.1) is 6.92 Å². The molecule has 2 aliphatic carbocycles. The van der Waals surface area contributed by atoms with E-state index in [0.29, 0.717) is 11.1 Å². The van der Waals surface area contributed by atoms with E-state index >= 15 is 0 Å². The summed E-state index contributed by atoms with van der Waals surface area (Å²) in [6.07, 6.45) is 10.9. The summed E-state index contributed by atoms with van der Waals surface area (Å²) < 4.78 is 11.2. The molecule has 0 aliphatic heterocycles. The number of rotatable bonds is 4. The molecule has 0 saturated heterocycles. The molecule has 25 heavy (non-hydrogen) atoms. The van der Waals surface area contributed by atoms with Crippen LogP contribution in [0.4, 0.5) is 0 Å². The number of aryl methyl sites for hydroxylation is 1. The molecule has 0 bridgehead atoms. The minimum Gasteiger partial charge on any atom is -0.459 e. The summed E-state index contributed by atoms with van der Waals surface area (Å²) in [7, 11) is 0. The van der Waals surface area contributed by atoms with Crippen molar-refractivity contribution < 1.29 is 19.1 Å². The Bertz CT molecular complexity index is 610. The van der Waals surface area contributed by atoms with Gasteiger partial charge in [-0.05, 0) is 82.1 Å². The molecule has 2 aliphatic rings. The first kappa shape index (κ1) is 18.0. The molecule has 4 nitrogen and oxygen atoms in total. The second-order valence-corrected chi connectivity index (χ2v) is 7.36. The van der Waals surface area contributed by atoms with Crippen LogP contribution >= 0.6 is 0 Å². The topological polar surface area (TPSA) is 52.6 Å². The number of benzene rings is 1. The maximum Gasteiger partial charge on any atom is 0.338 e. The monoisotopic (exact) mass is 344 g/mol. The Morgan fingerprint density at radius 2 is 1.32 bits per heavy atom. The van der Waals surface area contributed by atoms with Gasteiger partial charge in [0.15, 0.2) is 0 Å². The highest BCUT2D eigenvalue weighted by molar-refractivity contribution is 5.94. The SMILES string of the molecule is Cc1cc(C(=O)OC2CCCCC2)ccc1C(=O)OC1CCCCC1. The average molecular weight is 344 g/mol. The van der Waals surface area contributed by atoms with Crippen molar-refractivity contribution in [3.05, 3.63) is 34.9 Å². The van der Waals surface area contributed by atoms with Crippen molar-refractivity contribution in [1.29, 1.82) is 0 Å². The Morgan fingerprint density at radius 3 is 1.84 bits per heavy atom. The van der Waals surface area contributed by atoms with Crippen LogP contribution < -0.4 is 0 Å². The fourth-order valence-electron chi connectivity index (χ4n) is 3.82. The fraction of sp³-hybridized carbons (Fsp3) is 0.619. The number of carbonyl (C=O) groups is 2. The van der Waals surface area contributed by atoms with Gasteiger partial charge in [-0.2, -0.15) is 0 Å². The summed E-state index contributed by atoms with van der Waals surface area (Å²) in [4.78, 5) is 24.7. The second-order valence-electron chi connectivity index (χ2n) is 7.36. The molecular weight excluding hydrogens is 316 g/mol. The largest absolute Gasteiger partial charge is 0.459 e. The molecule has 2 fully saturated rings. The van der Waals surface area contributed by atoms with Crippen LogP contribution in [0.25, 0.3) is 0 Å². The quantitative estimate of drug-likeness (QED) is 0.723. The van der Waals surface area contributed by atoms with E-state index in [4.69, 9.17) is 9.47 Å². The summed E-state index contributed by atoms with van der Waals surface area (Å²) in [6, 6.07) is 5.11. The first-order chi connectivity index (χ1) is 12.1. The molecule has 1 aromatic rings. The molecule has 0 radical (unpaired) electrons. The van der Waals surface area contributed by atoms with Crippen LogP contribution in [-0.4, -0.2) is 24.1 Å². The van der Waals surface area contributed by atoms with E-state index in [1.54, 1.807) is 18.2 Å². The van der Waals surface area contributed by atoms with Gasteiger partial charge < -0.3 is 9.47 Å². The van der Waals surface area contributed by atoms with Gasteiger partial charge in [0.2, 0.25) is 0 Å². The molecule has 0 aromatic heterocycles. The zero-order valence-electron chi connectivity index (χ0n) is 15.1. The van der Waals surface area contributed by atoms with Crippen molar-refractivity contribution in [2.45, 2.75) is 83.3 Å². The van der Waals surface area contributed by atoms with Gasteiger partial charge in [0.1, 0.15) is 12.2 Å². The first-order valence-electron chi connectivity index (χ1n) is 9.66. The summed E-state index contributed by atoms with van der Waals surface area (Å²) >= 11 is 0. The predicted molar refractivity (Wildman–Crippen MR) is 95.8 cm³/mol. The highest BCUT2D eigenvalue weighted by Crippen LogP contribution is 2.24. The van der Waals surface area contributed by atoms with Gasteiger partial charge in [-0.15, -0.1) is 0 Å². The average Bonchev–Trinajstić information content (AvgIpc) is 2.63. The predicted octanol–water partition coefficient (Wildman–Crippen LogP) is 4.97. The van der Waals surface area contributed by atoms with Gasteiger partial charge in [-0.3, -0.25) is 0 Å². The van der Waals surface area contributed by atoms with E-state index in [1.807, 2.05) is 6.92 Å². The lowest BCUT2D eigenvalue weighted by Gasteiger charge is -2.23. The summed E-state index contributed by atoms with van der Waals surface area (Å²) in [5.41, 5.74) is 1.82. The number of carbonyl (C=O) groups excluding carboxylic acids is 2. The van der Waals surface area contributed by atoms with Crippen molar-refractivity contribution in [3.63, 3.8) is 0 Å². The van der Waals surface area contributed by atoms with Crippen molar-refractivity contribution in [3.8, 4) is 0 Å². The number of hydrogen-bond acceptors (Lipinski definition) is 4. The van der Waals surface area contributed by atoms with Crippen LogP contribution in [-0.2, 0) is 9.47 Å². The molecule has 136 valence electrons. The van der Waals surface area contributed by atoms with E-state index in [2.05, 4.69) is 0 Å².